The SMILES string of the molecule is CC(NC(=O)c1ccccc1C(=O)O)C1CCCO1. The van der Waals surface area contributed by atoms with Crippen molar-refractivity contribution in [1.29, 1.82) is 0 Å². The zero-order valence-electron chi connectivity index (χ0n) is 10.8. The van der Waals surface area contributed by atoms with E-state index in [-0.39, 0.29) is 29.2 Å². The second-order valence-corrected chi connectivity index (χ2v) is 4.66. The Kier molecular flexibility index (Phi) is 4.16. The lowest BCUT2D eigenvalue weighted by Crippen LogP contribution is -2.41. The van der Waals surface area contributed by atoms with Crippen LogP contribution >= 0.6 is 0 Å². The van der Waals surface area contributed by atoms with Crippen molar-refractivity contribution in [3.8, 4) is 0 Å². The Morgan fingerprint density at radius 2 is 2.05 bits per heavy atom. The second kappa shape index (κ2) is 5.84. The number of ether oxygens (including phenoxy) is 1. The number of hydrogen-bond donors (Lipinski definition) is 2. The molecule has 1 aromatic rings. The van der Waals surface area contributed by atoms with Crippen molar-refractivity contribution in [1.82, 2.24) is 5.32 Å². The predicted molar refractivity (Wildman–Crippen MR) is 69.3 cm³/mol. The maximum atomic E-state index is 12.1. The molecule has 1 fully saturated rings. The second-order valence-electron chi connectivity index (χ2n) is 4.66. The molecule has 0 spiro atoms. The molecule has 1 aliphatic rings. The van der Waals surface area contributed by atoms with Gasteiger partial charge in [0.1, 0.15) is 0 Å². The van der Waals surface area contributed by atoms with Gasteiger partial charge in [0.25, 0.3) is 5.91 Å². The van der Waals surface area contributed by atoms with Gasteiger partial charge in [-0.3, -0.25) is 4.79 Å². The summed E-state index contributed by atoms with van der Waals surface area (Å²) in [6.07, 6.45) is 1.93. The smallest absolute Gasteiger partial charge is 0.336 e. The molecule has 0 radical (unpaired) electrons. The molecule has 1 saturated heterocycles. The molecule has 1 aromatic carbocycles. The number of nitrogens with one attached hydrogen (secondary N) is 1. The van der Waals surface area contributed by atoms with Crippen molar-refractivity contribution in [3.05, 3.63) is 35.4 Å². The number of benzene rings is 1. The summed E-state index contributed by atoms with van der Waals surface area (Å²) in [6.45, 7) is 2.59. The number of carboxylic acid groups (broad SMARTS) is 1. The molecule has 5 heteroatoms. The average Bonchev–Trinajstić information content (AvgIpc) is 2.92. The third-order valence-electron chi connectivity index (χ3n) is 3.28. The van der Waals surface area contributed by atoms with Crippen LogP contribution in [-0.4, -0.2) is 35.7 Å². The highest BCUT2D eigenvalue weighted by atomic mass is 16.5. The van der Waals surface area contributed by atoms with Crippen molar-refractivity contribution in [2.45, 2.75) is 31.9 Å². The van der Waals surface area contributed by atoms with Gasteiger partial charge >= 0.3 is 5.97 Å². The van der Waals surface area contributed by atoms with Crippen LogP contribution in [0, 0.1) is 0 Å². The third-order valence-corrected chi connectivity index (χ3v) is 3.28. The van der Waals surface area contributed by atoms with Gasteiger partial charge in [0.05, 0.1) is 23.3 Å². The minimum absolute atomic E-state index is 0.0135. The van der Waals surface area contributed by atoms with Gasteiger partial charge in [-0.25, -0.2) is 4.79 Å². The Morgan fingerprint density at radius 1 is 1.37 bits per heavy atom. The van der Waals surface area contributed by atoms with E-state index in [0.717, 1.165) is 19.4 Å². The highest BCUT2D eigenvalue weighted by molar-refractivity contribution is 6.04. The third kappa shape index (κ3) is 3.12. The Labute approximate surface area is 111 Å². The first kappa shape index (κ1) is 13.5. The molecule has 1 aliphatic heterocycles. The molecular formula is C14H17NO4. The molecular weight excluding hydrogens is 246 g/mol. The van der Waals surface area contributed by atoms with Gasteiger partial charge in [-0.1, -0.05) is 12.1 Å². The molecule has 1 amide bonds. The minimum Gasteiger partial charge on any atom is -0.478 e. The van der Waals surface area contributed by atoms with Crippen molar-refractivity contribution in [2.75, 3.05) is 6.61 Å². The summed E-state index contributed by atoms with van der Waals surface area (Å²) in [5.74, 6) is -1.48. The van der Waals surface area contributed by atoms with Crippen molar-refractivity contribution >= 4 is 11.9 Å². The molecule has 2 rings (SSSR count). The molecule has 0 aromatic heterocycles. The summed E-state index contributed by atoms with van der Waals surface area (Å²) in [4.78, 5) is 23.2. The van der Waals surface area contributed by atoms with E-state index in [2.05, 4.69) is 5.32 Å². The molecule has 19 heavy (non-hydrogen) atoms. The number of carbonyl (C=O) groups excluding carboxylic acids is 1. The summed E-state index contributed by atoms with van der Waals surface area (Å²) < 4.78 is 5.50. The quantitative estimate of drug-likeness (QED) is 0.866. The molecule has 2 N–H and O–H groups in total. The van der Waals surface area contributed by atoms with E-state index < -0.39 is 5.97 Å². The van der Waals surface area contributed by atoms with Crippen LogP contribution in [0.15, 0.2) is 24.3 Å². The molecule has 102 valence electrons. The fourth-order valence-electron chi connectivity index (χ4n) is 2.24. The average molecular weight is 263 g/mol. The Morgan fingerprint density at radius 3 is 2.63 bits per heavy atom. The normalized spacial score (nSPS) is 19.9. The van der Waals surface area contributed by atoms with Crippen LogP contribution in [0.4, 0.5) is 0 Å². The summed E-state index contributed by atoms with van der Waals surface area (Å²) in [5.41, 5.74) is 0.194. The minimum atomic E-state index is -1.10. The zero-order valence-corrected chi connectivity index (χ0v) is 10.8. The number of carboxylic acids is 1. The van der Waals surface area contributed by atoms with Gasteiger partial charge in [0, 0.05) is 6.61 Å². The van der Waals surface area contributed by atoms with Crippen LogP contribution in [0.2, 0.25) is 0 Å². The number of amides is 1. The van der Waals surface area contributed by atoms with E-state index in [1.165, 1.54) is 12.1 Å². The first-order valence-corrected chi connectivity index (χ1v) is 6.34. The predicted octanol–water partition coefficient (Wildman–Crippen LogP) is 1.68. The fraction of sp³-hybridized carbons (Fsp3) is 0.429. The lowest BCUT2D eigenvalue weighted by Gasteiger charge is -2.20. The van der Waals surface area contributed by atoms with Crippen LogP contribution in [0.25, 0.3) is 0 Å². The van der Waals surface area contributed by atoms with Gasteiger partial charge < -0.3 is 15.2 Å². The molecule has 1 heterocycles. The first-order valence-electron chi connectivity index (χ1n) is 6.34. The summed E-state index contributed by atoms with van der Waals surface area (Å²) in [7, 11) is 0. The Bertz CT molecular complexity index is 480. The van der Waals surface area contributed by atoms with Crippen molar-refractivity contribution < 1.29 is 19.4 Å². The summed E-state index contributed by atoms with van der Waals surface area (Å²) in [5, 5.41) is 11.9. The monoisotopic (exact) mass is 263 g/mol. The van der Waals surface area contributed by atoms with E-state index in [1.54, 1.807) is 12.1 Å². The van der Waals surface area contributed by atoms with Crippen LogP contribution in [0.3, 0.4) is 0 Å². The topological polar surface area (TPSA) is 75.6 Å². The van der Waals surface area contributed by atoms with E-state index >= 15 is 0 Å². The maximum absolute atomic E-state index is 12.1. The summed E-state index contributed by atoms with van der Waals surface area (Å²) >= 11 is 0. The van der Waals surface area contributed by atoms with Crippen LogP contribution in [0.5, 0.6) is 0 Å². The number of rotatable bonds is 4. The Balaban J connectivity index is 2.09. The van der Waals surface area contributed by atoms with Crippen molar-refractivity contribution in [3.63, 3.8) is 0 Å². The Hall–Kier alpha value is -1.88. The van der Waals surface area contributed by atoms with Crippen molar-refractivity contribution in [2.24, 2.45) is 0 Å². The highest BCUT2D eigenvalue weighted by Gasteiger charge is 2.25. The van der Waals surface area contributed by atoms with Crippen LogP contribution in [-0.2, 0) is 4.74 Å². The molecule has 0 aliphatic carbocycles. The molecule has 2 unspecified atom stereocenters. The number of hydrogen-bond acceptors (Lipinski definition) is 3. The van der Waals surface area contributed by atoms with E-state index in [4.69, 9.17) is 9.84 Å². The van der Waals surface area contributed by atoms with Gasteiger partial charge in [0.2, 0.25) is 0 Å². The molecule has 5 nitrogen and oxygen atoms in total. The lowest BCUT2D eigenvalue weighted by atomic mass is 10.1. The highest BCUT2D eigenvalue weighted by Crippen LogP contribution is 2.16. The standard InChI is InChI=1S/C14H17NO4/c1-9(12-7-4-8-19-12)15-13(16)10-5-2-3-6-11(10)14(17)18/h2-3,5-6,9,12H,4,7-8H2,1H3,(H,15,16)(H,17,18). The fourth-order valence-corrected chi connectivity index (χ4v) is 2.24. The van der Waals surface area contributed by atoms with Crippen LogP contribution in [0.1, 0.15) is 40.5 Å². The van der Waals surface area contributed by atoms with Gasteiger partial charge in [-0.15, -0.1) is 0 Å². The van der Waals surface area contributed by atoms with E-state index in [9.17, 15) is 9.59 Å². The molecule has 0 bridgehead atoms. The molecule has 2 atom stereocenters. The van der Waals surface area contributed by atoms with E-state index in [1.807, 2.05) is 6.92 Å². The largest absolute Gasteiger partial charge is 0.478 e. The first-order chi connectivity index (χ1) is 9.09. The van der Waals surface area contributed by atoms with Crippen LogP contribution < -0.4 is 5.32 Å². The number of carbonyl (C=O) groups is 2. The van der Waals surface area contributed by atoms with Gasteiger partial charge in [-0.2, -0.15) is 0 Å². The molecule has 0 saturated carbocycles. The van der Waals surface area contributed by atoms with Gasteiger partial charge in [0.15, 0.2) is 0 Å². The number of aromatic carboxylic acids is 1. The summed E-state index contributed by atoms with van der Waals surface area (Å²) in [6, 6.07) is 6.06. The van der Waals surface area contributed by atoms with Gasteiger partial charge in [-0.05, 0) is 31.9 Å². The maximum Gasteiger partial charge on any atom is 0.336 e. The zero-order chi connectivity index (χ0) is 13.8. The lowest BCUT2D eigenvalue weighted by molar-refractivity contribution is 0.0675. The van der Waals surface area contributed by atoms with E-state index in [0.29, 0.717) is 0 Å².